The van der Waals surface area contributed by atoms with Crippen LogP contribution < -0.4 is 10.6 Å². The average molecular weight is 234 g/mol. The van der Waals surface area contributed by atoms with E-state index in [1.54, 1.807) is 0 Å². The van der Waals surface area contributed by atoms with Crippen molar-refractivity contribution < 1.29 is 4.74 Å². The lowest BCUT2D eigenvalue weighted by atomic mass is 10.0. The van der Waals surface area contributed by atoms with E-state index in [1.165, 1.54) is 11.3 Å². The van der Waals surface area contributed by atoms with E-state index in [9.17, 15) is 0 Å². The molecular formula is C14H22N2O. The van der Waals surface area contributed by atoms with E-state index < -0.39 is 0 Å². The van der Waals surface area contributed by atoms with Crippen molar-refractivity contribution in [1.82, 2.24) is 0 Å². The molecule has 2 rings (SSSR count). The smallest absolute Gasteiger partial charge is 0.0728 e. The molecule has 1 aliphatic heterocycles. The van der Waals surface area contributed by atoms with Gasteiger partial charge in [-0.3, -0.25) is 0 Å². The van der Waals surface area contributed by atoms with Crippen LogP contribution in [0.3, 0.4) is 0 Å². The molecule has 1 atom stereocenters. The van der Waals surface area contributed by atoms with Crippen LogP contribution in [0, 0.1) is 0 Å². The maximum absolute atomic E-state index is 5.96. The number of ether oxygens (including phenoxy) is 1. The summed E-state index contributed by atoms with van der Waals surface area (Å²) in [5, 5.41) is 0. The standard InChI is InChI=1S/C14H22N2O/c1-3-17-11-14(2,10-15)16-9-8-12-6-4-5-7-13(12)16/h4-7H,3,8-11,15H2,1-2H3. The molecule has 1 aliphatic rings. The summed E-state index contributed by atoms with van der Waals surface area (Å²) in [6.07, 6.45) is 1.11. The van der Waals surface area contributed by atoms with Crippen molar-refractivity contribution in [2.24, 2.45) is 5.73 Å². The van der Waals surface area contributed by atoms with Crippen LogP contribution in [0.1, 0.15) is 19.4 Å². The number of fused-ring (bicyclic) bond motifs is 1. The molecule has 0 radical (unpaired) electrons. The maximum atomic E-state index is 5.96. The predicted octanol–water partition coefficient (Wildman–Crippen LogP) is 1.80. The summed E-state index contributed by atoms with van der Waals surface area (Å²) >= 11 is 0. The largest absolute Gasteiger partial charge is 0.379 e. The molecule has 1 aromatic carbocycles. The van der Waals surface area contributed by atoms with Crippen LogP contribution in [0.5, 0.6) is 0 Å². The molecule has 1 aromatic rings. The minimum atomic E-state index is -0.0946. The summed E-state index contributed by atoms with van der Waals surface area (Å²) < 4.78 is 5.60. The Kier molecular flexibility index (Phi) is 3.69. The van der Waals surface area contributed by atoms with Crippen LogP contribution in [-0.4, -0.2) is 31.8 Å². The molecular weight excluding hydrogens is 212 g/mol. The third kappa shape index (κ3) is 2.31. The van der Waals surface area contributed by atoms with Gasteiger partial charge in [-0.1, -0.05) is 18.2 Å². The summed E-state index contributed by atoms with van der Waals surface area (Å²) in [4.78, 5) is 2.40. The van der Waals surface area contributed by atoms with E-state index in [4.69, 9.17) is 10.5 Å². The number of rotatable bonds is 5. The van der Waals surface area contributed by atoms with Gasteiger partial charge in [0.05, 0.1) is 12.1 Å². The minimum absolute atomic E-state index is 0.0946. The minimum Gasteiger partial charge on any atom is -0.379 e. The summed E-state index contributed by atoms with van der Waals surface area (Å²) in [5.74, 6) is 0. The molecule has 94 valence electrons. The van der Waals surface area contributed by atoms with Crippen LogP contribution in [0.25, 0.3) is 0 Å². The molecule has 0 fully saturated rings. The monoisotopic (exact) mass is 234 g/mol. The van der Waals surface area contributed by atoms with Crippen LogP contribution in [0.4, 0.5) is 5.69 Å². The van der Waals surface area contributed by atoms with Crippen molar-refractivity contribution in [3.05, 3.63) is 29.8 Å². The third-order valence-electron chi connectivity index (χ3n) is 3.60. The lowest BCUT2D eigenvalue weighted by Gasteiger charge is -2.39. The fourth-order valence-electron chi connectivity index (χ4n) is 2.47. The molecule has 0 saturated heterocycles. The van der Waals surface area contributed by atoms with Crippen LogP contribution in [0.15, 0.2) is 24.3 Å². The first-order valence-corrected chi connectivity index (χ1v) is 6.34. The zero-order valence-corrected chi connectivity index (χ0v) is 10.8. The van der Waals surface area contributed by atoms with Gasteiger partial charge in [-0.05, 0) is 31.9 Å². The number of nitrogens with zero attached hydrogens (tertiary/aromatic N) is 1. The molecule has 0 aromatic heterocycles. The predicted molar refractivity (Wildman–Crippen MR) is 71.4 cm³/mol. The van der Waals surface area contributed by atoms with Crippen molar-refractivity contribution in [3.8, 4) is 0 Å². The Morgan fingerprint density at radius 3 is 2.88 bits per heavy atom. The molecule has 1 unspecified atom stereocenters. The fourth-order valence-corrected chi connectivity index (χ4v) is 2.47. The van der Waals surface area contributed by atoms with E-state index in [0.29, 0.717) is 13.2 Å². The Hall–Kier alpha value is -1.06. The number of nitrogens with two attached hydrogens (primary N) is 1. The van der Waals surface area contributed by atoms with Crippen molar-refractivity contribution >= 4 is 5.69 Å². The van der Waals surface area contributed by atoms with Crippen LogP contribution >= 0.6 is 0 Å². The molecule has 0 spiro atoms. The Labute approximate surface area is 104 Å². The Bertz CT molecular complexity index is 380. The van der Waals surface area contributed by atoms with Gasteiger partial charge in [0, 0.05) is 25.4 Å². The lowest BCUT2D eigenvalue weighted by molar-refractivity contribution is 0.101. The normalized spacial score (nSPS) is 17.9. The quantitative estimate of drug-likeness (QED) is 0.844. The zero-order valence-electron chi connectivity index (χ0n) is 10.8. The molecule has 0 bridgehead atoms. The molecule has 1 heterocycles. The number of anilines is 1. The molecule has 2 N–H and O–H groups in total. The van der Waals surface area contributed by atoms with Gasteiger partial charge < -0.3 is 15.4 Å². The highest BCUT2D eigenvalue weighted by atomic mass is 16.5. The second kappa shape index (κ2) is 5.07. The molecule has 3 nitrogen and oxygen atoms in total. The van der Waals surface area contributed by atoms with Crippen molar-refractivity contribution in [2.75, 3.05) is 31.2 Å². The van der Waals surface area contributed by atoms with Gasteiger partial charge in [0.1, 0.15) is 0 Å². The Morgan fingerprint density at radius 1 is 1.41 bits per heavy atom. The third-order valence-corrected chi connectivity index (χ3v) is 3.60. The first-order chi connectivity index (χ1) is 8.21. The summed E-state index contributed by atoms with van der Waals surface area (Å²) in [5.41, 5.74) is 8.61. The van der Waals surface area contributed by atoms with Crippen molar-refractivity contribution in [2.45, 2.75) is 25.8 Å². The first kappa shape index (κ1) is 12.4. The highest BCUT2D eigenvalue weighted by Crippen LogP contribution is 2.33. The highest BCUT2D eigenvalue weighted by molar-refractivity contribution is 5.59. The van der Waals surface area contributed by atoms with Crippen LogP contribution in [-0.2, 0) is 11.2 Å². The van der Waals surface area contributed by atoms with E-state index in [-0.39, 0.29) is 5.54 Å². The van der Waals surface area contributed by atoms with E-state index >= 15 is 0 Å². The second-order valence-electron chi connectivity index (χ2n) is 4.87. The number of benzene rings is 1. The zero-order chi connectivity index (χ0) is 12.3. The second-order valence-corrected chi connectivity index (χ2v) is 4.87. The molecule has 3 heteroatoms. The van der Waals surface area contributed by atoms with Gasteiger partial charge in [-0.15, -0.1) is 0 Å². The highest BCUT2D eigenvalue weighted by Gasteiger charge is 2.34. The molecule has 0 amide bonds. The van der Waals surface area contributed by atoms with Gasteiger partial charge in [-0.25, -0.2) is 0 Å². The number of para-hydroxylation sites is 1. The van der Waals surface area contributed by atoms with Crippen molar-refractivity contribution in [1.29, 1.82) is 0 Å². The fraction of sp³-hybridized carbons (Fsp3) is 0.571. The number of hydrogen-bond donors (Lipinski definition) is 1. The lowest BCUT2D eigenvalue weighted by Crippen LogP contribution is -2.54. The Morgan fingerprint density at radius 2 is 2.18 bits per heavy atom. The molecule has 17 heavy (non-hydrogen) atoms. The van der Waals surface area contributed by atoms with Gasteiger partial charge in [0.15, 0.2) is 0 Å². The summed E-state index contributed by atoms with van der Waals surface area (Å²) in [7, 11) is 0. The summed E-state index contributed by atoms with van der Waals surface area (Å²) in [6.45, 7) is 7.29. The SMILES string of the molecule is CCOCC(C)(CN)N1CCc2ccccc21. The maximum Gasteiger partial charge on any atom is 0.0728 e. The first-order valence-electron chi connectivity index (χ1n) is 6.34. The Balaban J connectivity index is 2.22. The van der Waals surface area contributed by atoms with Crippen molar-refractivity contribution in [3.63, 3.8) is 0 Å². The van der Waals surface area contributed by atoms with E-state index in [2.05, 4.69) is 36.1 Å². The van der Waals surface area contributed by atoms with Gasteiger partial charge in [-0.2, -0.15) is 0 Å². The van der Waals surface area contributed by atoms with E-state index in [0.717, 1.165) is 19.6 Å². The van der Waals surface area contributed by atoms with Crippen LogP contribution in [0.2, 0.25) is 0 Å². The average Bonchev–Trinajstić information content (AvgIpc) is 2.80. The van der Waals surface area contributed by atoms with Gasteiger partial charge in [0.25, 0.3) is 0 Å². The molecule has 0 aliphatic carbocycles. The summed E-state index contributed by atoms with van der Waals surface area (Å²) in [6, 6.07) is 8.58. The van der Waals surface area contributed by atoms with E-state index in [1.807, 2.05) is 6.92 Å². The molecule has 0 saturated carbocycles. The number of hydrogen-bond acceptors (Lipinski definition) is 3. The van der Waals surface area contributed by atoms with Gasteiger partial charge >= 0.3 is 0 Å². The van der Waals surface area contributed by atoms with Gasteiger partial charge in [0.2, 0.25) is 0 Å². The topological polar surface area (TPSA) is 38.5 Å².